The van der Waals surface area contributed by atoms with Gasteiger partial charge in [0.25, 0.3) is 0 Å². The molecular weight excluding hydrogens is 382 g/mol. The molecule has 1 unspecified atom stereocenters. The molecule has 4 rings (SSSR count). The van der Waals surface area contributed by atoms with Crippen molar-refractivity contribution in [2.75, 3.05) is 11.4 Å². The van der Waals surface area contributed by atoms with Crippen LogP contribution in [-0.4, -0.2) is 12.5 Å². The van der Waals surface area contributed by atoms with Crippen molar-refractivity contribution in [3.63, 3.8) is 0 Å². The Morgan fingerprint density at radius 2 is 1.79 bits per heavy atom. The molecule has 0 aliphatic carbocycles. The summed E-state index contributed by atoms with van der Waals surface area (Å²) in [7, 11) is 0. The standard InChI is InChI=1S/C25H24ClNO2/c1-17-6-9-22(10-7-17)27-15-20(13-25(27)28)23-11-8-21(26)14-24(23)29-16-19-5-3-4-18(2)12-19/h3-12,14,20H,13,15-16H2,1-2H3. The minimum absolute atomic E-state index is 0.0774. The molecular formula is C25H24ClNO2. The zero-order chi connectivity index (χ0) is 20.4. The van der Waals surface area contributed by atoms with Crippen LogP contribution in [0.1, 0.15) is 34.6 Å². The Labute approximate surface area is 176 Å². The van der Waals surface area contributed by atoms with E-state index in [2.05, 4.69) is 25.1 Å². The van der Waals surface area contributed by atoms with E-state index in [0.29, 0.717) is 24.6 Å². The highest BCUT2D eigenvalue weighted by atomic mass is 35.5. The molecule has 1 atom stereocenters. The van der Waals surface area contributed by atoms with Crippen LogP contribution in [0.4, 0.5) is 5.69 Å². The SMILES string of the molecule is Cc1ccc(N2CC(c3ccc(Cl)cc3OCc3cccc(C)c3)CC2=O)cc1. The molecule has 29 heavy (non-hydrogen) atoms. The molecule has 1 heterocycles. The van der Waals surface area contributed by atoms with Gasteiger partial charge < -0.3 is 9.64 Å². The van der Waals surface area contributed by atoms with Crippen LogP contribution in [0.25, 0.3) is 0 Å². The van der Waals surface area contributed by atoms with Gasteiger partial charge >= 0.3 is 0 Å². The van der Waals surface area contributed by atoms with Crippen LogP contribution in [-0.2, 0) is 11.4 Å². The number of hydrogen-bond acceptors (Lipinski definition) is 2. The summed E-state index contributed by atoms with van der Waals surface area (Å²) in [6, 6.07) is 22.1. The maximum Gasteiger partial charge on any atom is 0.227 e. The summed E-state index contributed by atoms with van der Waals surface area (Å²) in [5.41, 5.74) is 5.47. The van der Waals surface area contributed by atoms with Gasteiger partial charge in [0.15, 0.2) is 0 Å². The van der Waals surface area contributed by atoms with Gasteiger partial charge in [-0.3, -0.25) is 4.79 Å². The third-order valence-electron chi connectivity index (χ3n) is 5.36. The Balaban J connectivity index is 1.55. The predicted octanol–water partition coefficient (Wildman–Crippen LogP) is 6.06. The molecule has 1 aliphatic heterocycles. The first-order valence-electron chi connectivity index (χ1n) is 9.84. The number of carbonyl (C=O) groups excluding carboxylic acids is 1. The first kappa shape index (κ1) is 19.5. The Bertz CT molecular complexity index is 1030. The monoisotopic (exact) mass is 405 g/mol. The molecule has 4 heteroatoms. The molecule has 148 valence electrons. The number of halogens is 1. The Morgan fingerprint density at radius 1 is 1.00 bits per heavy atom. The number of benzene rings is 3. The summed E-state index contributed by atoms with van der Waals surface area (Å²) in [6.07, 6.45) is 0.469. The van der Waals surface area contributed by atoms with Crippen LogP contribution in [0.15, 0.2) is 66.7 Å². The predicted molar refractivity (Wildman–Crippen MR) is 118 cm³/mol. The van der Waals surface area contributed by atoms with Gasteiger partial charge in [-0.05, 0) is 49.2 Å². The molecule has 3 aromatic carbocycles. The molecule has 3 aromatic rings. The lowest BCUT2D eigenvalue weighted by atomic mass is 9.97. The second-order valence-corrected chi connectivity index (χ2v) is 8.14. The van der Waals surface area contributed by atoms with Crippen molar-refractivity contribution < 1.29 is 9.53 Å². The maximum atomic E-state index is 12.7. The van der Waals surface area contributed by atoms with Crippen molar-refractivity contribution in [2.45, 2.75) is 32.8 Å². The van der Waals surface area contributed by atoms with E-state index >= 15 is 0 Å². The minimum Gasteiger partial charge on any atom is -0.489 e. The number of amides is 1. The third kappa shape index (κ3) is 4.46. The minimum atomic E-state index is 0.0774. The molecule has 0 spiro atoms. The van der Waals surface area contributed by atoms with Gasteiger partial charge in [-0.25, -0.2) is 0 Å². The van der Waals surface area contributed by atoms with Gasteiger partial charge in [-0.1, -0.05) is 65.2 Å². The number of carbonyl (C=O) groups is 1. The third-order valence-corrected chi connectivity index (χ3v) is 5.60. The molecule has 0 radical (unpaired) electrons. The van der Waals surface area contributed by atoms with Crippen LogP contribution < -0.4 is 9.64 Å². The summed E-state index contributed by atoms with van der Waals surface area (Å²) >= 11 is 6.24. The summed E-state index contributed by atoms with van der Waals surface area (Å²) in [6.45, 7) is 5.23. The molecule has 1 amide bonds. The van der Waals surface area contributed by atoms with E-state index in [1.54, 1.807) is 0 Å². The van der Waals surface area contributed by atoms with Crippen molar-refractivity contribution in [1.82, 2.24) is 0 Å². The van der Waals surface area contributed by atoms with Gasteiger partial charge in [-0.15, -0.1) is 0 Å². The fourth-order valence-electron chi connectivity index (χ4n) is 3.82. The smallest absolute Gasteiger partial charge is 0.227 e. The number of aryl methyl sites for hydroxylation is 2. The van der Waals surface area contributed by atoms with Crippen molar-refractivity contribution >= 4 is 23.2 Å². The van der Waals surface area contributed by atoms with E-state index in [4.69, 9.17) is 16.3 Å². The van der Waals surface area contributed by atoms with Crippen LogP contribution in [0, 0.1) is 13.8 Å². The Morgan fingerprint density at radius 3 is 2.55 bits per heavy atom. The summed E-state index contributed by atoms with van der Waals surface area (Å²) in [5, 5.41) is 0.632. The molecule has 0 aromatic heterocycles. The van der Waals surface area contributed by atoms with Crippen LogP contribution >= 0.6 is 11.6 Å². The molecule has 1 saturated heterocycles. The number of hydrogen-bond donors (Lipinski definition) is 0. The molecule has 3 nitrogen and oxygen atoms in total. The fourth-order valence-corrected chi connectivity index (χ4v) is 3.99. The number of ether oxygens (including phenoxy) is 1. The number of rotatable bonds is 5. The summed E-state index contributed by atoms with van der Waals surface area (Å²) < 4.78 is 6.15. The van der Waals surface area contributed by atoms with Gasteiger partial charge in [0.05, 0.1) is 0 Å². The van der Waals surface area contributed by atoms with E-state index in [1.807, 2.05) is 60.4 Å². The topological polar surface area (TPSA) is 29.5 Å². The largest absolute Gasteiger partial charge is 0.489 e. The lowest BCUT2D eigenvalue weighted by Crippen LogP contribution is -2.24. The highest BCUT2D eigenvalue weighted by Gasteiger charge is 2.33. The van der Waals surface area contributed by atoms with Gasteiger partial charge in [0, 0.05) is 29.6 Å². The number of anilines is 1. The molecule has 0 bridgehead atoms. The lowest BCUT2D eigenvalue weighted by molar-refractivity contribution is -0.117. The van der Waals surface area contributed by atoms with Crippen molar-refractivity contribution in [3.05, 3.63) is 94.0 Å². The first-order chi connectivity index (χ1) is 14.0. The molecule has 1 fully saturated rings. The van der Waals surface area contributed by atoms with Crippen LogP contribution in [0.5, 0.6) is 5.75 Å². The second-order valence-electron chi connectivity index (χ2n) is 7.70. The average Bonchev–Trinajstić information content (AvgIpc) is 3.08. The van der Waals surface area contributed by atoms with Gasteiger partial charge in [0.2, 0.25) is 5.91 Å². The van der Waals surface area contributed by atoms with Gasteiger partial charge in [0.1, 0.15) is 12.4 Å². The van der Waals surface area contributed by atoms with E-state index in [1.165, 1.54) is 11.1 Å². The molecule has 0 N–H and O–H groups in total. The highest BCUT2D eigenvalue weighted by Crippen LogP contribution is 2.38. The van der Waals surface area contributed by atoms with E-state index in [9.17, 15) is 4.79 Å². The maximum absolute atomic E-state index is 12.7. The van der Waals surface area contributed by atoms with E-state index in [-0.39, 0.29) is 11.8 Å². The lowest BCUT2D eigenvalue weighted by Gasteiger charge is -2.19. The fraction of sp³-hybridized carbons (Fsp3) is 0.240. The number of nitrogens with zero attached hydrogens (tertiary/aromatic N) is 1. The van der Waals surface area contributed by atoms with Crippen LogP contribution in [0.2, 0.25) is 5.02 Å². The molecule has 0 saturated carbocycles. The zero-order valence-electron chi connectivity index (χ0n) is 16.7. The normalized spacial score (nSPS) is 16.3. The van der Waals surface area contributed by atoms with Crippen molar-refractivity contribution in [3.8, 4) is 5.75 Å². The summed E-state index contributed by atoms with van der Waals surface area (Å²) in [5.74, 6) is 0.967. The van der Waals surface area contributed by atoms with Crippen molar-refractivity contribution in [2.24, 2.45) is 0 Å². The van der Waals surface area contributed by atoms with Gasteiger partial charge in [-0.2, -0.15) is 0 Å². The first-order valence-corrected chi connectivity index (χ1v) is 10.2. The average molecular weight is 406 g/mol. The quantitative estimate of drug-likeness (QED) is 0.516. The Hall–Kier alpha value is -2.78. The van der Waals surface area contributed by atoms with Crippen molar-refractivity contribution in [1.29, 1.82) is 0 Å². The summed E-state index contributed by atoms with van der Waals surface area (Å²) in [4.78, 5) is 14.6. The zero-order valence-corrected chi connectivity index (χ0v) is 17.4. The van der Waals surface area contributed by atoms with E-state index in [0.717, 1.165) is 22.6 Å². The Kier molecular flexibility index (Phi) is 5.59. The molecule has 1 aliphatic rings. The second kappa shape index (κ2) is 8.30. The van der Waals surface area contributed by atoms with Crippen LogP contribution in [0.3, 0.4) is 0 Å². The highest BCUT2D eigenvalue weighted by molar-refractivity contribution is 6.30. The van der Waals surface area contributed by atoms with E-state index < -0.39 is 0 Å².